The number of thiocarbonyl (C=S) groups is 1. The molecule has 1 saturated heterocycles. The lowest BCUT2D eigenvalue weighted by Crippen LogP contribution is -2.54. The molecule has 1 fully saturated rings. The number of carbonyl (C=O) groups is 2. The Morgan fingerprint density at radius 1 is 1.00 bits per heavy atom. The highest BCUT2D eigenvalue weighted by atomic mass is 35.5. The second-order valence-electron chi connectivity index (χ2n) is 8.98. The minimum Gasteiger partial charge on any atom is -0.489 e. The molecule has 1 N–H and O–H groups in total. The lowest BCUT2D eigenvalue weighted by molar-refractivity contribution is -0.122. The molecular formula is C30H23ClFN3O3S. The van der Waals surface area contributed by atoms with Crippen LogP contribution in [0, 0.1) is 19.7 Å². The standard InChI is InChI=1S/C30H23ClFN3O3S/c1-18-15-21(16-25-28(36)33-30(39)35(29(25)37)27-6-4-3-5-26(27)31)19(2)34(18)23-11-13-24(14-12-23)38-17-20-7-9-22(32)10-8-20/h3-16H,17H2,1-2H3,(H,33,36,39)/b25-16+. The number of nitrogens with zero attached hydrogens (tertiary/aromatic N) is 2. The van der Waals surface area contributed by atoms with Crippen molar-refractivity contribution in [1.82, 2.24) is 9.88 Å². The quantitative estimate of drug-likeness (QED) is 0.171. The highest BCUT2D eigenvalue weighted by Gasteiger charge is 2.35. The number of nitrogens with one attached hydrogen (secondary N) is 1. The Kier molecular flexibility index (Phi) is 7.32. The fraction of sp³-hybridized carbons (Fsp3) is 0.100. The molecule has 2 heterocycles. The molecule has 0 radical (unpaired) electrons. The molecule has 0 atom stereocenters. The number of amides is 2. The Labute approximate surface area is 235 Å². The van der Waals surface area contributed by atoms with Crippen molar-refractivity contribution in [3.63, 3.8) is 0 Å². The number of hydrogen-bond acceptors (Lipinski definition) is 4. The first-order valence-corrected chi connectivity index (χ1v) is 12.8. The van der Waals surface area contributed by atoms with Crippen molar-refractivity contribution in [1.29, 1.82) is 0 Å². The average Bonchev–Trinajstić information content (AvgIpc) is 3.20. The number of rotatable bonds is 6. The highest BCUT2D eigenvalue weighted by molar-refractivity contribution is 7.80. The van der Waals surface area contributed by atoms with Crippen LogP contribution < -0.4 is 15.0 Å². The van der Waals surface area contributed by atoms with Crippen molar-refractivity contribution in [3.8, 4) is 11.4 Å². The third-order valence-corrected chi connectivity index (χ3v) is 6.98. The second-order valence-corrected chi connectivity index (χ2v) is 9.77. The summed E-state index contributed by atoms with van der Waals surface area (Å²) in [6, 6.07) is 22.5. The molecule has 39 heavy (non-hydrogen) atoms. The van der Waals surface area contributed by atoms with Gasteiger partial charge in [0.2, 0.25) is 0 Å². The number of ether oxygens (including phenoxy) is 1. The molecule has 1 aliphatic rings. The van der Waals surface area contributed by atoms with E-state index in [4.69, 9.17) is 28.6 Å². The molecule has 0 spiro atoms. The Balaban J connectivity index is 1.40. The second kappa shape index (κ2) is 10.8. The molecule has 0 bridgehead atoms. The number of aromatic nitrogens is 1. The van der Waals surface area contributed by atoms with Crippen LogP contribution in [0.5, 0.6) is 5.75 Å². The molecule has 1 aromatic heterocycles. The zero-order valence-corrected chi connectivity index (χ0v) is 22.6. The maximum Gasteiger partial charge on any atom is 0.270 e. The van der Waals surface area contributed by atoms with Gasteiger partial charge in [0, 0.05) is 17.1 Å². The van der Waals surface area contributed by atoms with Crippen molar-refractivity contribution in [2.24, 2.45) is 0 Å². The van der Waals surface area contributed by atoms with Crippen LogP contribution in [-0.2, 0) is 16.2 Å². The average molecular weight is 560 g/mol. The van der Waals surface area contributed by atoms with Gasteiger partial charge in [-0.25, -0.2) is 4.39 Å². The van der Waals surface area contributed by atoms with Gasteiger partial charge in [-0.3, -0.25) is 19.8 Å². The van der Waals surface area contributed by atoms with E-state index in [1.165, 1.54) is 17.0 Å². The maximum absolute atomic E-state index is 13.4. The third kappa shape index (κ3) is 5.34. The molecule has 0 unspecified atom stereocenters. The molecule has 2 amide bonds. The van der Waals surface area contributed by atoms with Gasteiger partial charge < -0.3 is 9.30 Å². The molecule has 196 valence electrons. The van der Waals surface area contributed by atoms with Crippen LogP contribution >= 0.6 is 23.8 Å². The number of anilines is 1. The summed E-state index contributed by atoms with van der Waals surface area (Å²) in [6.07, 6.45) is 1.57. The van der Waals surface area contributed by atoms with Gasteiger partial charge in [-0.15, -0.1) is 0 Å². The first-order valence-electron chi connectivity index (χ1n) is 12.1. The summed E-state index contributed by atoms with van der Waals surface area (Å²) < 4.78 is 21.0. The predicted octanol–water partition coefficient (Wildman–Crippen LogP) is 6.30. The summed E-state index contributed by atoms with van der Waals surface area (Å²) in [5, 5.41) is 2.91. The number of benzene rings is 3. The van der Waals surface area contributed by atoms with E-state index >= 15 is 0 Å². The number of aryl methyl sites for hydroxylation is 1. The van der Waals surface area contributed by atoms with Crippen molar-refractivity contribution >= 4 is 52.5 Å². The van der Waals surface area contributed by atoms with E-state index in [-0.39, 0.29) is 16.5 Å². The van der Waals surface area contributed by atoms with Crippen LogP contribution in [0.15, 0.2) is 84.4 Å². The zero-order chi connectivity index (χ0) is 27.7. The molecule has 3 aromatic carbocycles. The third-order valence-electron chi connectivity index (χ3n) is 6.38. The minimum atomic E-state index is -0.569. The van der Waals surface area contributed by atoms with Crippen molar-refractivity contribution < 1.29 is 18.7 Å². The van der Waals surface area contributed by atoms with Crippen LogP contribution in [0.25, 0.3) is 11.8 Å². The summed E-state index contributed by atoms with van der Waals surface area (Å²) in [4.78, 5) is 27.4. The fourth-order valence-electron chi connectivity index (χ4n) is 4.43. The van der Waals surface area contributed by atoms with Crippen LogP contribution in [0.4, 0.5) is 10.1 Å². The highest BCUT2D eigenvalue weighted by Crippen LogP contribution is 2.30. The first kappa shape index (κ1) is 26.3. The number of halogens is 2. The molecular weight excluding hydrogens is 537 g/mol. The van der Waals surface area contributed by atoms with Gasteiger partial charge in [-0.1, -0.05) is 35.9 Å². The van der Waals surface area contributed by atoms with Crippen molar-refractivity contribution in [2.45, 2.75) is 20.5 Å². The van der Waals surface area contributed by atoms with Crippen molar-refractivity contribution in [2.75, 3.05) is 4.90 Å². The lowest BCUT2D eigenvalue weighted by atomic mass is 10.1. The van der Waals surface area contributed by atoms with E-state index in [0.717, 1.165) is 28.2 Å². The van der Waals surface area contributed by atoms with Gasteiger partial charge in [-0.2, -0.15) is 0 Å². The molecule has 5 rings (SSSR count). The molecule has 9 heteroatoms. The van der Waals surface area contributed by atoms with Gasteiger partial charge in [0.05, 0.1) is 10.7 Å². The summed E-state index contributed by atoms with van der Waals surface area (Å²) in [5.74, 6) is -0.733. The number of hydrogen-bond donors (Lipinski definition) is 1. The van der Waals surface area contributed by atoms with Crippen LogP contribution in [0.2, 0.25) is 5.02 Å². The summed E-state index contributed by atoms with van der Waals surface area (Å²) >= 11 is 11.6. The van der Waals surface area contributed by atoms with Crippen LogP contribution in [0.3, 0.4) is 0 Å². The number of para-hydroxylation sites is 1. The molecule has 0 aliphatic carbocycles. The van der Waals surface area contributed by atoms with E-state index in [2.05, 4.69) is 5.32 Å². The van der Waals surface area contributed by atoms with E-state index in [1.54, 1.807) is 42.5 Å². The van der Waals surface area contributed by atoms with Gasteiger partial charge in [0.25, 0.3) is 11.8 Å². The van der Waals surface area contributed by atoms with E-state index in [0.29, 0.717) is 23.1 Å². The largest absolute Gasteiger partial charge is 0.489 e. The van der Waals surface area contributed by atoms with Gasteiger partial charge in [0.15, 0.2) is 5.11 Å². The Morgan fingerprint density at radius 2 is 1.69 bits per heavy atom. The van der Waals surface area contributed by atoms with Crippen LogP contribution in [-0.4, -0.2) is 21.5 Å². The van der Waals surface area contributed by atoms with Crippen molar-refractivity contribution in [3.05, 3.63) is 118 Å². The van der Waals surface area contributed by atoms with E-state index in [1.807, 2.05) is 48.7 Å². The first-order chi connectivity index (χ1) is 18.7. The molecule has 1 aliphatic heterocycles. The maximum atomic E-state index is 13.4. The van der Waals surface area contributed by atoms with E-state index in [9.17, 15) is 14.0 Å². The smallest absolute Gasteiger partial charge is 0.270 e. The Hall–Kier alpha value is -4.27. The SMILES string of the molecule is Cc1cc(/C=C2\C(=O)NC(=S)N(c3ccccc3Cl)C2=O)c(C)n1-c1ccc(OCc2ccc(F)cc2)cc1. The normalized spacial score (nSPS) is 14.6. The van der Waals surface area contributed by atoms with Gasteiger partial charge in [-0.05, 0) is 97.9 Å². The molecule has 0 saturated carbocycles. The number of carbonyl (C=O) groups excluding carboxylic acids is 2. The molecule has 4 aromatic rings. The fourth-order valence-corrected chi connectivity index (χ4v) is 4.93. The zero-order valence-electron chi connectivity index (χ0n) is 21.1. The minimum absolute atomic E-state index is 0.0255. The topological polar surface area (TPSA) is 63.6 Å². The van der Waals surface area contributed by atoms with Gasteiger partial charge in [0.1, 0.15) is 23.7 Å². The molecule has 6 nitrogen and oxygen atoms in total. The van der Waals surface area contributed by atoms with Crippen LogP contribution in [0.1, 0.15) is 22.5 Å². The predicted molar refractivity (Wildman–Crippen MR) is 154 cm³/mol. The summed E-state index contributed by atoms with van der Waals surface area (Å²) in [5.41, 5.74) is 4.59. The summed E-state index contributed by atoms with van der Waals surface area (Å²) in [6.45, 7) is 4.19. The van der Waals surface area contributed by atoms with E-state index < -0.39 is 11.8 Å². The Bertz CT molecular complexity index is 1630. The van der Waals surface area contributed by atoms with Gasteiger partial charge >= 0.3 is 0 Å². The Morgan fingerprint density at radius 3 is 2.38 bits per heavy atom. The monoisotopic (exact) mass is 559 g/mol. The lowest BCUT2D eigenvalue weighted by Gasteiger charge is -2.29. The summed E-state index contributed by atoms with van der Waals surface area (Å²) in [7, 11) is 0.